The summed E-state index contributed by atoms with van der Waals surface area (Å²) >= 11 is 0. The molecule has 3 rings (SSSR count). The maximum atomic E-state index is 14.3. The van der Waals surface area contributed by atoms with E-state index in [1.807, 2.05) is 6.07 Å². The van der Waals surface area contributed by atoms with Gasteiger partial charge in [0, 0.05) is 12.0 Å². The van der Waals surface area contributed by atoms with E-state index in [0.717, 1.165) is 25.7 Å². The Morgan fingerprint density at radius 3 is 2.45 bits per heavy atom. The zero-order valence-corrected chi connectivity index (χ0v) is 16.9. The molecule has 0 unspecified atom stereocenters. The molecular formula is C25H28F2O2. The fourth-order valence-corrected chi connectivity index (χ4v) is 3.98. The highest BCUT2D eigenvalue weighted by molar-refractivity contribution is 5.96. The van der Waals surface area contributed by atoms with Gasteiger partial charge in [0.2, 0.25) is 0 Å². The maximum absolute atomic E-state index is 14.3. The van der Waals surface area contributed by atoms with E-state index in [4.69, 9.17) is 4.74 Å². The number of carbonyl (C=O) groups excluding carboxylic acids is 1. The van der Waals surface area contributed by atoms with Crippen molar-refractivity contribution < 1.29 is 18.3 Å². The van der Waals surface area contributed by atoms with Crippen molar-refractivity contribution in [1.82, 2.24) is 0 Å². The molecule has 1 saturated carbocycles. The summed E-state index contributed by atoms with van der Waals surface area (Å²) in [5, 5.41) is 0. The number of ketones is 1. The first kappa shape index (κ1) is 21.2. The smallest absolute Gasteiger partial charge is 0.165 e. The van der Waals surface area contributed by atoms with Gasteiger partial charge in [-0.1, -0.05) is 37.3 Å². The van der Waals surface area contributed by atoms with Crippen molar-refractivity contribution in [3.63, 3.8) is 0 Å². The first-order valence-electron chi connectivity index (χ1n) is 10.4. The fraction of sp³-hybridized carbons (Fsp3) is 0.400. The highest BCUT2D eigenvalue weighted by Crippen LogP contribution is 2.37. The SMILES string of the molecule is CCC(=CF)COc1ccc(C(=O)CC2CCC(c3ccccc3)CC2)cc1F. The van der Waals surface area contributed by atoms with Crippen LogP contribution in [0.5, 0.6) is 5.75 Å². The Morgan fingerprint density at radius 2 is 1.83 bits per heavy atom. The molecule has 0 aromatic heterocycles. The summed E-state index contributed by atoms with van der Waals surface area (Å²) in [5.74, 6) is 0.346. The molecule has 1 aliphatic rings. The Bertz CT molecular complexity index is 837. The maximum Gasteiger partial charge on any atom is 0.165 e. The van der Waals surface area contributed by atoms with Crippen molar-refractivity contribution in [3.8, 4) is 5.75 Å². The lowest BCUT2D eigenvalue weighted by Gasteiger charge is -2.28. The molecule has 4 heteroatoms. The molecule has 2 nitrogen and oxygen atoms in total. The molecule has 0 saturated heterocycles. The third-order valence-electron chi connectivity index (χ3n) is 5.87. The third kappa shape index (κ3) is 5.75. The van der Waals surface area contributed by atoms with Gasteiger partial charge in [-0.25, -0.2) is 8.78 Å². The van der Waals surface area contributed by atoms with Gasteiger partial charge in [0.05, 0.1) is 6.33 Å². The number of hydrogen-bond donors (Lipinski definition) is 0. The van der Waals surface area contributed by atoms with E-state index in [9.17, 15) is 13.6 Å². The van der Waals surface area contributed by atoms with Gasteiger partial charge in [-0.3, -0.25) is 4.79 Å². The van der Waals surface area contributed by atoms with E-state index in [-0.39, 0.29) is 18.1 Å². The van der Waals surface area contributed by atoms with Crippen molar-refractivity contribution in [1.29, 1.82) is 0 Å². The van der Waals surface area contributed by atoms with Crippen LogP contribution in [-0.4, -0.2) is 12.4 Å². The summed E-state index contributed by atoms with van der Waals surface area (Å²) in [7, 11) is 0. The second kappa shape index (κ2) is 10.3. The Kier molecular flexibility index (Phi) is 7.56. The number of halogens is 2. The molecule has 0 radical (unpaired) electrons. The molecule has 29 heavy (non-hydrogen) atoms. The molecule has 2 aromatic rings. The fourth-order valence-electron chi connectivity index (χ4n) is 3.98. The first-order valence-corrected chi connectivity index (χ1v) is 10.4. The summed E-state index contributed by atoms with van der Waals surface area (Å²) in [5.41, 5.74) is 2.20. The highest BCUT2D eigenvalue weighted by atomic mass is 19.1. The zero-order valence-electron chi connectivity index (χ0n) is 16.9. The molecule has 0 N–H and O–H groups in total. The van der Waals surface area contributed by atoms with Crippen LogP contribution in [0.4, 0.5) is 8.78 Å². The summed E-state index contributed by atoms with van der Waals surface area (Å²) in [6.07, 6.45) is 5.65. The normalized spacial score (nSPS) is 19.8. The predicted molar refractivity (Wildman–Crippen MR) is 111 cm³/mol. The van der Waals surface area contributed by atoms with Crippen molar-refractivity contribution in [2.24, 2.45) is 5.92 Å². The minimum absolute atomic E-state index is 0.00185. The third-order valence-corrected chi connectivity index (χ3v) is 5.87. The van der Waals surface area contributed by atoms with Crippen LogP contribution in [0.3, 0.4) is 0 Å². The Labute approximate surface area is 171 Å². The molecule has 154 valence electrons. The van der Waals surface area contributed by atoms with Crippen molar-refractivity contribution >= 4 is 5.78 Å². The number of rotatable bonds is 8. The molecule has 0 aliphatic heterocycles. The van der Waals surface area contributed by atoms with Crippen LogP contribution in [0, 0.1) is 11.7 Å². The molecule has 2 aromatic carbocycles. The van der Waals surface area contributed by atoms with Crippen LogP contribution in [0.25, 0.3) is 0 Å². The topological polar surface area (TPSA) is 26.3 Å². The van der Waals surface area contributed by atoms with E-state index < -0.39 is 5.82 Å². The summed E-state index contributed by atoms with van der Waals surface area (Å²) in [4.78, 5) is 12.6. The van der Waals surface area contributed by atoms with Crippen molar-refractivity contribution in [2.75, 3.05) is 6.61 Å². The predicted octanol–water partition coefficient (Wildman–Crippen LogP) is 7.01. The Balaban J connectivity index is 1.52. The number of Topliss-reactive ketones (excluding diaryl/α,β-unsaturated/α-hetero) is 1. The second-order valence-corrected chi connectivity index (χ2v) is 7.81. The Morgan fingerprint density at radius 1 is 1.10 bits per heavy atom. The van der Waals surface area contributed by atoms with E-state index in [1.165, 1.54) is 17.7 Å². The second-order valence-electron chi connectivity index (χ2n) is 7.81. The number of carbonyl (C=O) groups is 1. The van der Waals surface area contributed by atoms with Gasteiger partial charge in [0.25, 0.3) is 0 Å². The minimum atomic E-state index is -0.585. The molecule has 0 atom stereocenters. The van der Waals surface area contributed by atoms with Gasteiger partial charge in [-0.05, 0) is 73.3 Å². The average molecular weight is 398 g/mol. The number of ether oxygens (including phenoxy) is 1. The molecule has 1 fully saturated rings. The molecule has 1 aliphatic carbocycles. The van der Waals surface area contributed by atoms with Crippen molar-refractivity contribution in [2.45, 2.75) is 51.4 Å². The zero-order chi connectivity index (χ0) is 20.6. The lowest BCUT2D eigenvalue weighted by molar-refractivity contribution is 0.0947. The van der Waals surface area contributed by atoms with Gasteiger partial charge in [-0.2, -0.15) is 0 Å². The van der Waals surface area contributed by atoms with Gasteiger partial charge in [-0.15, -0.1) is 0 Å². The lowest BCUT2D eigenvalue weighted by atomic mass is 9.76. The molecule has 0 bridgehead atoms. The molecule has 0 spiro atoms. The van der Waals surface area contributed by atoms with Crippen LogP contribution >= 0.6 is 0 Å². The summed E-state index contributed by atoms with van der Waals surface area (Å²) < 4.78 is 32.2. The average Bonchev–Trinajstić information content (AvgIpc) is 2.76. The largest absolute Gasteiger partial charge is 0.486 e. The van der Waals surface area contributed by atoms with Crippen LogP contribution in [0.1, 0.15) is 67.3 Å². The highest BCUT2D eigenvalue weighted by Gasteiger charge is 2.24. The number of hydrogen-bond acceptors (Lipinski definition) is 2. The van der Waals surface area contributed by atoms with Gasteiger partial charge in [0.1, 0.15) is 6.61 Å². The molecule has 0 heterocycles. The van der Waals surface area contributed by atoms with Gasteiger partial charge < -0.3 is 4.74 Å². The lowest BCUT2D eigenvalue weighted by Crippen LogP contribution is -2.17. The molecule has 0 amide bonds. The summed E-state index contributed by atoms with van der Waals surface area (Å²) in [6, 6.07) is 14.8. The standard InChI is InChI=1S/C25H28F2O2/c1-2-18(16-26)17-29-25-13-12-22(15-23(25)27)24(28)14-19-8-10-21(11-9-19)20-6-4-3-5-7-20/h3-7,12-13,15-16,19,21H,2,8-11,14,17H2,1H3. The van der Waals surface area contributed by atoms with E-state index in [0.29, 0.717) is 42.1 Å². The van der Waals surface area contributed by atoms with E-state index in [2.05, 4.69) is 24.3 Å². The summed E-state index contributed by atoms with van der Waals surface area (Å²) in [6.45, 7) is 1.81. The van der Waals surface area contributed by atoms with Gasteiger partial charge >= 0.3 is 0 Å². The Hall–Kier alpha value is -2.49. The van der Waals surface area contributed by atoms with Crippen LogP contribution in [0.15, 0.2) is 60.4 Å². The van der Waals surface area contributed by atoms with Crippen LogP contribution < -0.4 is 4.74 Å². The first-order chi connectivity index (χ1) is 14.1. The number of benzene rings is 2. The monoisotopic (exact) mass is 398 g/mol. The van der Waals surface area contributed by atoms with E-state index in [1.54, 1.807) is 13.0 Å². The molecular weight excluding hydrogens is 370 g/mol. The van der Waals surface area contributed by atoms with Crippen LogP contribution in [-0.2, 0) is 0 Å². The minimum Gasteiger partial charge on any atom is -0.486 e. The van der Waals surface area contributed by atoms with Crippen LogP contribution in [0.2, 0.25) is 0 Å². The van der Waals surface area contributed by atoms with Gasteiger partial charge in [0.15, 0.2) is 17.3 Å². The van der Waals surface area contributed by atoms with E-state index >= 15 is 0 Å². The quantitative estimate of drug-likeness (QED) is 0.447. The van der Waals surface area contributed by atoms with Crippen molar-refractivity contribution in [3.05, 3.63) is 77.4 Å².